The van der Waals surface area contributed by atoms with Gasteiger partial charge in [0, 0.05) is 17.4 Å². The second kappa shape index (κ2) is 9.42. The summed E-state index contributed by atoms with van der Waals surface area (Å²) in [5.41, 5.74) is 4.42. The molecule has 4 unspecified atom stereocenters. The molecule has 3 aromatic carbocycles. The zero-order valence-corrected chi connectivity index (χ0v) is 20.1. The van der Waals surface area contributed by atoms with Crippen molar-refractivity contribution in [2.24, 2.45) is 0 Å². The van der Waals surface area contributed by atoms with E-state index in [2.05, 4.69) is 26.5 Å². The number of nitrogens with zero attached hydrogens (tertiary/aromatic N) is 1. The second-order valence-corrected chi connectivity index (χ2v) is 10.9. The van der Waals surface area contributed by atoms with Crippen LogP contribution in [0.2, 0.25) is 0 Å². The number of para-hydroxylation sites is 2. The summed E-state index contributed by atoms with van der Waals surface area (Å²) in [5.74, 6) is -0.457. The number of alkyl halides is 3. The van der Waals surface area contributed by atoms with Gasteiger partial charge in [0.05, 0.1) is 17.0 Å². The number of benzene rings is 3. The number of hydrogen-bond acceptors (Lipinski definition) is 5. The Labute approximate surface area is 207 Å². The molecule has 0 spiro atoms. The average molecular weight is 518 g/mol. The number of aliphatic hydroxyl groups is 1. The van der Waals surface area contributed by atoms with Gasteiger partial charge in [-0.25, -0.2) is 13.7 Å². The van der Waals surface area contributed by atoms with Crippen LogP contribution in [0.3, 0.4) is 0 Å². The fraction of sp³-hybridized carbons (Fsp3) is 0.308. The quantitative estimate of drug-likeness (QED) is 0.428. The van der Waals surface area contributed by atoms with Crippen molar-refractivity contribution >= 4 is 21.3 Å². The third-order valence-corrected chi connectivity index (χ3v) is 8.35. The van der Waals surface area contributed by atoms with Gasteiger partial charge >= 0.3 is 6.36 Å². The van der Waals surface area contributed by atoms with Gasteiger partial charge in [-0.15, -0.1) is 13.2 Å². The van der Waals surface area contributed by atoms with Crippen LogP contribution in [0.25, 0.3) is 0 Å². The first-order chi connectivity index (χ1) is 17.1. The molecule has 0 bridgehead atoms. The van der Waals surface area contributed by atoms with Gasteiger partial charge in [-0.2, -0.15) is 0 Å². The third kappa shape index (κ3) is 4.93. The van der Waals surface area contributed by atoms with E-state index in [1.165, 1.54) is 23.3 Å². The molecule has 36 heavy (non-hydrogen) atoms. The number of aliphatic hydroxyl groups excluding tert-OH is 1. The molecule has 3 N–H and O–H groups in total. The Kier molecular flexibility index (Phi) is 6.44. The minimum Gasteiger partial charge on any atom is -0.406 e. The molecule has 2 aliphatic rings. The number of fused-ring (bicyclic) bond motifs is 2. The summed E-state index contributed by atoms with van der Waals surface area (Å²) >= 11 is 0. The van der Waals surface area contributed by atoms with E-state index in [9.17, 15) is 22.5 Å². The molecule has 1 heterocycles. The van der Waals surface area contributed by atoms with Gasteiger partial charge in [0.1, 0.15) is 15.7 Å². The Bertz CT molecular complexity index is 1300. The lowest BCUT2D eigenvalue weighted by Gasteiger charge is -2.35. The van der Waals surface area contributed by atoms with Gasteiger partial charge in [-0.1, -0.05) is 36.4 Å². The molecule has 0 amide bonds. The number of aryl methyl sites for hydroxylation is 2. The van der Waals surface area contributed by atoms with Crippen molar-refractivity contribution in [1.29, 1.82) is 4.78 Å². The van der Waals surface area contributed by atoms with E-state index >= 15 is 0 Å². The summed E-state index contributed by atoms with van der Waals surface area (Å²) < 4.78 is 65.5. The van der Waals surface area contributed by atoms with Crippen molar-refractivity contribution in [3.8, 4) is 5.75 Å². The summed E-state index contributed by atoms with van der Waals surface area (Å²) in [6.45, 7) is 0. The molecule has 0 saturated heterocycles. The number of rotatable bonds is 5. The predicted molar refractivity (Wildman–Crippen MR) is 131 cm³/mol. The zero-order valence-electron chi connectivity index (χ0n) is 19.2. The fourth-order valence-electron chi connectivity index (χ4n) is 5.16. The fourth-order valence-corrected chi connectivity index (χ4v) is 6.49. The van der Waals surface area contributed by atoms with Crippen molar-refractivity contribution in [3.63, 3.8) is 0 Å². The first-order valence-electron chi connectivity index (χ1n) is 11.7. The first-order valence-corrected chi connectivity index (χ1v) is 13.2. The molecule has 1 fully saturated rings. The smallest absolute Gasteiger partial charge is 0.406 e. The summed E-state index contributed by atoms with van der Waals surface area (Å²) in [6.07, 6.45) is -2.92. The van der Waals surface area contributed by atoms with Gasteiger partial charge in [-0.3, -0.25) is 0 Å². The molecule has 10 heteroatoms. The van der Waals surface area contributed by atoms with E-state index in [1.54, 1.807) is 0 Å². The molecule has 1 saturated carbocycles. The standard InChI is InChI=1S/C26H26F3N3O3S/c27-26(28,29)35-19-11-13-20(14-12-19)36(30,34)31-21-15-16-24(25(21)33)32-22-7-3-1-5-17(22)9-10-18-6-2-4-8-23(18)32/h1-8,11-14,21,24-25,33H,9-10,15-16H2,(H2,30,31,34). The van der Waals surface area contributed by atoms with E-state index < -0.39 is 34.2 Å². The SMILES string of the molecule is N=S(=O)(NC1CCC(N2c3ccccc3CCc3ccccc32)C1O)c1ccc(OC(F)(F)F)cc1. The summed E-state index contributed by atoms with van der Waals surface area (Å²) in [4.78, 5) is 2.18. The maximum absolute atomic E-state index is 13.2. The molecule has 190 valence electrons. The van der Waals surface area contributed by atoms with Crippen molar-refractivity contribution in [2.75, 3.05) is 4.90 Å². The highest BCUT2D eigenvalue weighted by Crippen LogP contribution is 2.41. The van der Waals surface area contributed by atoms with Crippen LogP contribution in [0, 0.1) is 4.78 Å². The van der Waals surface area contributed by atoms with Crippen molar-refractivity contribution in [1.82, 2.24) is 4.72 Å². The number of hydrogen-bond donors (Lipinski definition) is 3. The van der Waals surface area contributed by atoms with E-state index in [1.807, 2.05) is 36.4 Å². The monoisotopic (exact) mass is 517 g/mol. The average Bonchev–Trinajstić information content (AvgIpc) is 3.08. The zero-order chi connectivity index (χ0) is 25.5. The molecule has 1 aliphatic heterocycles. The van der Waals surface area contributed by atoms with Gasteiger partial charge < -0.3 is 14.7 Å². The lowest BCUT2D eigenvalue weighted by Crippen LogP contribution is -2.47. The van der Waals surface area contributed by atoms with Crippen molar-refractivity contribution in [2.45, 2.75) is 55.1 Å². The van der Waals surface area contributed by atoms with Crippen LogP contribution in [-0.2, 0) is 22.8 Å². The minimum atomic E-state index is -4.84. The van der Waals surface area contributed by atoms with Crippen molar-refractivity contribution in [3.05, 3.63) is 83.9 Å². The lowest BCUT2D eigenvalue weighted by atomic mass is 10.0. The van der Waals surface area contributed by atoms with Crippen LogP contribution in [0.1, 0.15) is 24.0 Å². The molecule has 0 aromatic heterocycles. The van der Waals surface area contributed by atoms with Gasteiger partial charge in [0.15, 0.2) is 0 Å². The Balaban J connectivity index is 1.39. The molecule has 6 nitrogen and oxygen atoms in total. The van der Waals surface area contributed by atoms with E-state index in [-0.39, 0.29) is 10.9 Å². The highest BCUT2D eigenvalue weighted by atomic mass is 32.2. The van der Waals surface area contributed by atoms with E-state index in [0.717, 1.165) is 36.3 Å². The first kappa shape index (κ1) is 24.6. The van der Waals surface area contributed by atoms with Crippen LogP contribution in [0.15, 0.2) is 77.7 Å². The van der Waals surface area contributed by atoms with Gasteiger partial charge in [-0.05, 0) is 73.2 Å². The third-order valence-electron chi connectivity index (χ3n) is 6.78. The molecule has 3 aromatic rings. The molecule has 1 aliphatic carbocycles. The molecular formula is C26H26F3N3O3S. The van der Waals surface area contributed by atoms with Crippen LogP contribution in [-0.4, -0.2) is 33.9 Å². The van der Waals surface area contributed by atoms with Crippen LogP contribution >= 0.6 is 0 Å². The largest absolute Gasteiger partial charge is 0.573 e. The van der Waals surface area contributed by atoms with Crippen molar-refractivity contribution < 1.29 is 27.2 Å². The van der Waals surface area contributed by atoms with Crippen LogP contribution < -0.4 is 14.4 Å². The Morgan fingerprint density at radius 3 is 2.03 bits per heavy atom. The summed E-state index contributed by atoms with van der Waals surface area (Å²) in [7, 11) is -3.58. The normalized spacial score (nSPS) is 23.3. The van der Waals surface area contributed by atoms with Gasteiger partial charge in [0.25, 0.3) is 0 Å². The molecule has 4 atom stereocenters. The van der Waals surface area contributed by atoms with Crippen LogP contribution in [0.4, 0.5) is 24.5 Å². The molecular weight excluding hydrogens is 491 g/mol. The number of anilines is 2. The minimum absolute atomic E-state index is 0.0122. The number of nitrogens with one attached hydrogen (secondary N) is 2. The predicted octanol–water partition coefficient (Wildman–Crippen LogP) is 5.32. The van der Waals surface area contributed by atoms with Gasteiger partial charge in [0.2, 0.25) is 0 Å². The highest BCUT2D eigenvalue weighted by Gasteiger charge is 2.42. The molecule has 5 rings (SSSR count). The Morgan fingerprint density at radius 1 is 0.917 bits per heavy atom. The highest BCUT2D eigenvalue weighted by molar-refractivity contribution is 7.90. The van der Waals surface area contributed by atoms with E-state index in [0.29, 0.717) is 12.8 Å². The summed E-state index contributed by atoms with van der Waals surface area (Å²) in [6, 6.07) is 19.7. The number of halogens is 3. The Hall–Kier alpha value is -3.08. The van der Waals surface area contributed by atoms with E-state index in [4.69, 9.17) is 4.78 Å². The lowest BCUT2D eigenvalue weighted by molar-refractivity contribution is -0.274. The second-order valence-electron chi connectivity index (χ2n) is 9.06. The Morgan fingerprint density at radius 2 is 1.47 bits per heavy atom. The maximum Gasteiger partial charge on any atom is 0.573 e. The topological polar surface area (TPSA) is 85.7 Å². The number of ether oxygens (including phenoxy) is 1. The van der Waals surface area contributed by atoms with Crippen LogP contribution in [0.5, 0.6) is 5.75 Å². The summed E-state index contributed by atoms with van der Waals surface area (Å²) in [5, 5.41) is 11.4. The maximum atomic E-state index is 13.2. The molecule has 0 radical (unpaired) electrons.